The molecule has 1 aliphatic carbocycles. The highest BCUT2D eigenvalue weighted by atomic mass is 35.5. The van der Waals surface area contributed by atoms with Gasteiger partial charge in [0, 0.05) is 18.5 Å². The molecule has 0 N–H and O–H groups in total. The van der Waals surface area contributed by atoms with E-state index in [9.17, 15) is 13.2 Å². The molecule has 1 saturated carbocycles. The van der Waals surface area contributed by atoms with Crippen LogP contribution in [-0.4, -0.2) is 30.4 Å². The number of rotatable bonds is 2. The van der Waals surface area contributed by atoms with E-state index in [0.29, 0.717) is 13.1 Å². The van der Waals surface area contributed by atoms with E-state index in [1.165, 1.54) is 0 Å². The summed E-state index contributed by atoms with van der Waals surface area (Å²) in [6.45, 7) is 1.18. The third kappa shape index (κ3) is 1.99. The second-order valence-electron chi connectivity index (χ2n) is 5.43. The summed E-state index contributed by atoms with van der Waals surface area (Å²) < 4.78 is 44.5. The minimum absolute atomic E-state index is 0.108. The molecule has 1 aromatic heterocycles. The van der Waals surface area contributed by atoms with Crippen molar-refractivity contribution in [1.82, 2.24) is 10.2 Å². The predicted octanol–water partition coefficient (Wildman–Crippen LogP) is 3.15. The molecule has 1 aromatic rings. The molecular formula is C12H13ClF3N3O. The lowest BCUT2D eigenvalue weighted by atomic mass is 9.63. The summed E-state index contributed by atoms with van der Waals surface area (Å²) in [5.41, 5.74) is -0.861. The summed E-state index contributed by atoms with van der Waals surface area (Å²) in [6, 6.07) is 0. The number of methoxy groups -OCH3 is 1. The normalized spacial score (nSPS) is 20.6. The van der Waals surface area contributed by atoms with Crippen LogP contribution in [0.15, 0.2) is 0 Å². The standard InChI is InChI=1S/C12H13ClF3N3O/c1-20-10-7(12(14,15)16)8(9(13)17-18-10)19-5-11(6-19)3-2-4-11/h2-6H2,1H3. The van der Waals surface area contributed by atoms with Crippen LogP contribution in [0.1, 0.15) is 24.8 Å². The molecule has 110 valence electrons. The van der Waals surface area contributed by atoms with Crippen molar-refractivity contribution in [3.8, 4) is 5.88 Å². The van der Waals surface area contributed by atoms with Gasteiger partial charge < -0.3 is 9.64 Å². The Morgan fingerprint density at radius 1 is 1.25 bits per heavy atom. The molecule has 2 aliphatic rings. The van der Waals surface area contributed by atoms with Crippen molar-refractivity contribution in [2.75, 3.05) is 25.1 Å². The van der Waals surface area contributed by atoms with Gasteiger partial charge in [-0.25, -0.2) is 0 Å². The number of ether oxygens (including phenoxy) is 1. The van der Waals surface area contributed by atoms with Gasteiger partial charge in [-0.2, -0.15) is 13.2 Å². The molecule has 1 aliphatic heterocycles. The topological polar surface area (TPSA) is 38.3 Å². The Bertz CT molecular complexity index is 537. The van der Waals surface area contributed by atoms with Crippen LogP contribution in [0.2, 0.25) is 5.15 Å². The van der Waals surface area contributed by atoms with Gasteiger partial charge in [0.15, 0.2) is 5.15 Å². The summed E-state index contributed by atoms with van der Waals surface area (Å²) in [5.74, 6) is -0.536. The summed E-state index contributed by atoms with van der Waals surface area (Å²) in [6.07, 6.45) is -1.30. The molecule has 20 heavy (non-hydrogen) atoms. The van der Waals surface area contributed by atoms with Crippen LogP contribution in [0.3, 0.4) is 0 Å². The highest BCUT2D eigenvalue weighted by molar-refractivity contribution is 6.32. The molecular weight excluding hydrogens is 295 g/mol. The van der Waals surface area contributed by atoms with Gasteiger partial charge in [0.2, 0.25) is 5.88 Å². The van der Waals surface area contributed by atoms with Crippen LogP contribution < -0.4 is 9.64 Å². The summed E-state index contributed by atoms with van der Waals surface area (Å²) in [4.78, 5) is 1.63. The fourth-order valence-electron chi connectivity index (χ4n) is 2.99. The van der Waals surface area contributed by atoms with Crippen LogP contribution in [0.5, 0.6) is 5.88 Å². The Morgan fingerprint density at radius 2 is 1.90 bits per heavy atom. The average molecular weight is 308 g/mol. The van der Waals surface area contributed by atoms with Crippen molar-refractivity contribution >= 4 is 17.3 Å². The first-order chi connectivity index (χ1) is 9.36. The molecule has 1 saturated heterocycles. The van der Waals surface area contributed by atoms with Crippen molar-refractivity contribution in [2.45, 2.75) is 25.4 Å². The first kappa shape index (κ1) is 13.7. The van der Waals surface area contributed by atoms with E-state index >= 15 is 0 Å². The molecule has 4 nitrogen and oxygen atoms in total. The largest absolute Gasteiger partial charge is 0.479 e. The molecule has 1 spiro atoms. The summed E-state index contributed by atoms with van der Waals surface area (Å²) in [5, 5.41) is 6.72. The maximum Gasteiger partial charge on any atom is 0.423 e. The molecule has 2 fully saturated rings. The van der Waals surface area contributed by atoms with Crippen molar-refractivity contribution in [3.05, 3.63) is 10.7 Å². The van der Waals surface area contributed by atoms with Crippen molar-refractivity contribution in [1.29, 1.82) is 0 Å². The van der Waals surface area contributed by atoms with Crippen LogP contribution >= 0.6 is 11.6 Å². The number of hydrogen-bond donors (Lipinski definition) is 0. The van der Waals surface area contributed by atoms with E-state index in [1.54, 1.807) is 4.90 Å². The van der Waals surface area contributed by atoms with Crippen LogP contribution in [-0.2, 0) is 6.18 Å². The highest BCUT2D eigenvalue weighted by Gasteiger charge is 2.51. The van der Waals surface area contributed by atoms with Crippen LogP contribution in [0, 0.1) is 5.41 Å². The zero-order valence-corrected chi connectivity index (χ0v) is 11.6. The van der Waals surface area contributed by atoms with Gasteiger partial charge in [-0.05, 0) is 12.8 Å². The lowest BCUT2D eigenvalue weighted by Crippen LogP contribution is -2.60. The number of hydrogen-bond acceptors (Lipinski definition) is 4. The molecule has 0 amide bonds. The SMILES string of the molecule is COc1nnc(Cl)c(N2CC3(CCC3)C2)c1C(F)(F)F. The first-order valence-corrected chi connectivity index (χ1v) is 6.66. The zero-order valence-electron chi connectivity index (χ0n) is 10.8. The number of alkyl halides is 3. The van der Waals surface area contributed by atoms with E-state index in [-0.39, 0.29) is 16.3 Å². The van der Waals surface area contributed by atoms with E-state index in [2.05, 4.69) is 10.2 Å². The van der Waals surface area contributed by atoms with Crippen molar-refractivity contribution < 1.29 is 17.9 Å². The van der Waals surface area contributed by atoms with Crippen LogP contribution in [0.4, 0.5) is 18.9 Å². The highest BCUT2D eigenvalue weighted by Crippen LogP contribution is 2.53. The maximum atomic E-state index is 13.3. The number of halogens is 4. The minimum Gasteiger partial charge on any atom is -0.479 e. The van der Waals surface area contributed by atoms with Gasteiger partial charge in [-0.3, -0.25) is 0 Å². The predicted molar refractivity (Wildman–Crippen MR) is 67.1 cm³/mol. The summed E-state index contributed by atoms with van der Waals surface area (Å²) >= 11 is 5.86. The Kier molecular flexibility index (Phi) is 3.00. The second-order valence-corrected chi connectivity index (χ2v) is 5.79. The fourth-order valence-corrected chi connectivity index (χ4v) is 3.24. The lowest BCUT2D eigenvalue weighted by molar-refractivity contribution is -0.139. The zero-order chi connectivity index (χ0) is 14.5. The molecule has 0 bridgehead atoms. The maximum absolute atomic E-state index is 13.3. The molecule has 0 radical (unpaired) electrons. The Hall–Kier alpha value is -1.24. The molecule has 2 heterocycles. The number of aromatic nitrogens is 2. The smallest absolute Gasteiger partial charge is 0.423 e. The molecule has 0 aromatic carbocycles. The van der Waals surface area contributed by atoms with Gasteiger partial charge in [0.25, 0.3) is 0 Å². The van der Waals surface area contributed by atoms with E-state index < -0.39 is 17.6 Å². The second kappa shape index (κ2) is 4.38. The Labute approximate surface area is 118 Å². The third-order valence-electron chi connectivity index (χ3n) is 4.13. The molecule has 3 rings (SSSR count). The summed E-state index contributed by atoms with van der Waals surface area (Å²) in [7, 11) is 1.14. The number of nitrogens with zero attached hydrogens (tertiary/aromatic N) is 3. The van der Waals surface area contributed by atoms with Gasteiger partial charge in [0.1, 0.15) is 5.56 Å². The number of anilines is 1. The Morgan fingerprint density at radius 3 is 2.35 bits per heavy atom. The molecule has 8 heteroatoms. The monoisotopic (exact) mass is 307 g/mol. The fraction of sp³-hybridized carbons (Fsp3) is 0.667. The van der Waals surface area contributed by atoms with Gasteiger partial charge in [-0.15, -0.1) is 10.2 Å². The van der Waals surface area contributed by atoms with E-state index in [0.717, 1.165) is 26.4 Å². The van der Waals surface area contributed by atoms with Crippen LogP contribution in [0.25, 0.3) is 0 Å². The first-order valence-electron chi connectivity index (χ1n) is 6.29. The van der Waals surface area contributed by atoms with Gasteiger partial charge in [0.05, 0.1) is 12.8 Å². The quantitative estimate of drug-likeness (QED) is 0.841. The lowest BCUT2D eigenvalue weighted by Gasteiger charge is -2.57. The van der Waals surface area contributed by atoms with E-state index in [1.807, 2.05) is 0 Å². The third-order valence-corrected chi connectivity index (χ3v) is 4.39. The van der Waals surface area contributed by atoms with Gasteiger partial charge >= 0.3 is 6.18 Å². The average Bonchev–Trinajstić information content (AvgIpc) is 2.25. The van der Waals surface area contributed by atoms with Gasteiger partial charge in [-0.1, -0.05) is 18.0 Å². The molecule has 0 unspecified atom stereocenters. The van der Waals surface area contributed by atoms with Crippen molar-refractivity contribution in [2.24, 2.45) is 5.41 Å². The minimum atomic E-state index is -4.58. The van der Waals surface area contributed by atoms with E-state index in [4.69, 9.17) is 16.3 Å². The van der Waals surface area contributed by atoms with Crippen molar-refractivity contribution in [3.63, 3.8) is 0 Å². The Balaban J connectivity index is 2.00. The molecule has 0 atom stereocenters.